The van der Waals surface area contributed by atoms with Crippen LogP contribution in [-0.2, 0) is 12.8 Å². The lowest BCUT2D eigenvalue weighted by atomic mass is 9.92. The molecule has 1 atom stereocenters. The summed E-state index contributed by atoms with van der Waals surface area (Å²) >= 11 is 0. The van der Waals surface area contributed by atoms with Gasteiger partial charge >= 0.3 is 0 Å². The van der Waals surface area contributed by atoms with Crippen LogP contribution in [0.1, 0.15) is 56.9 Å². The summed E-state index contributed by atoms with van der Waals surface area (Å²) in [5.74, 6) is 3.05. The minimum atomic E-state index is -0.337. The fourth-order valence-electron chi connectivity index (χ4n) is 3.23. The molecule has 0 aliphatic rings. The Bertz CT molecular complexity index is 716. The first-order valence-corrected chi connectivity index (χ1v) is 9.78. The van der Waals surface area contributed by atoms with Gasteiger partial charge in [0, 0.05) is 6.92 Å². The first-order chi connectivity index (χ1) is 12.3. The minimum Gasteiger partial charge on any atom is -0.455 e. The monoisotopic (exact) mass is 354 g/mol. The molecule has 2 nitrogen and oxygen atoms in total. The summed E-state index contributed by atoms with van der Waals surface area (Å²) in [5.41, 5.74) is 5.12. The molecular formula is C24H34O2. The van der Waals surface area contributed by atoms with Crippen LogP contribution < -0.4 is 9.47 Å². The van der Waals surface area contributed by atoms with Crippen molar-refractivity contribution in [2.75, 3.05) is 0 Å². The van der Waals surface area contributed by atoms with Gasteiger partial charge in [0.2, 0.25) is 6.29 Å². The van der Waals surface area contributed by atoms with Gasteiger partial charge in [-0.25, -0.2) is 0 Å². The third-order valence-electron chi connectivity index (χ3n) is 4.61. The van der Waals surface area contributed by atoms with E-state index in [1.165, 1.54) is 22.3 Å². The molecule has 2 aromatic carbocycles. The second kappa shape index (κ2) is 9.12. The van der Waals surface area contributed by atoms with E-state index in [0.717, 1.165) is 24.3 Å². The molecule has 26 heavy (non-hydrogen) atoms. The molecular weight excluding hydrogens is 320 g/mol. The summed E-state index contributed by atoms with van der Waals surface area (Å²) in [4.78, 5) is 0. The molecule has 0 aliphatic carbocycles. The van der Waals surface area contributed by atoms with Crippen LogP contribution in [0.4, 0.5) is 0 Å². The Morgan fingerprint density at radius 3 is 1.96 bits per heavy atom. The first-order valence-electron chi connectivity index (χ1n) is 9.78. The zero-order chi connectivity index (χ0) is 19.3. The third-order valence-corrected chi connectivity index (χ3v) is 4.61. The standard InChI is InChI=1S/C24H34O2/c1-16(2)14-21-11-9-13-24(22(21)15-17(3)4)26-20(7)25-23-12-8-10-18(5)19(23)6/h8-13,16-17,20H,14-15H2,1-7H3. The summed E-state index contributed by atoms with van der Waals surface area (Å²) < 4.78 is 12.3. The quantitative estimate of drug-likeness (QED) is 0.503. The predicted molar refractivity (Wildman–Crippen MR) is 110 cm³/mol. The lowest BCUT2D eigenvalue weighted by Crippen LogP contribution is -2.21. The second-order valence-corrected chi connectivity index (χ2v) is 8.09. The number of benzene rings is 2. The summed E-state index contributed by atoms with van der Waals surface area (Å²) in [6.07, 6.45) is 1.76. The van der Waals surface area contributed by atoms with Crippen molar-refractivity contribution < 1.29 is 9.47 Å². The van der Waals surface area contributed by atoms with Crippen molar-refractivity contribution in [1.82, 2.24) is 0 Å². The van der Waals surface area contributed by atoms with Crippen molar-refractivity contribution >= 4 is 0 Å². The molecule has 0 saturated carbocycles. The van der Waals surface area contributed by atoms with Crippen molar-refractivity contribution in [3.8, 4) is 11.5 Å². The molecule has 0 aliphatic heterocycles. The lowest BCUT2D eigenvalue weighted by molar-refractivity contribution is 0.0208. The second-order valence-electron chi connectivity index (χ2n) is 8.09. The van der Waals surface area contributed by atoms with Gasteiger partial charge in [-0.05, 0) is 72.9 Å². The Labute approximate surface area is 159 Å². The molecule has 2 aromatic rings. The third kappa shape index (κ3) is 5.52. The number of rotatable bonds is 8. The molecule has 0 spiro atoms. The summed E-state index contributed by atoms with van der Waals surface area (Å²) in [6.45, 7) is 15.2. The minimum absolute atomic E-state index is 0.337. The maximum Gasteiger partial charge on any atom is 0.238 e. The van der Waals surface area contributed by atoms with Gasteiger partial charge in [-0.1, -0.05) is 52.0 Å². The lowest BCUT2D eigenvalue weighted by Gasteiger charge is -2.23. The van der Waals surface area contributed by atoms with Gasteiger partial charge in [0.15, 0.2) is 0 Å². The summed E-state index contributed by atoms with van der Waals surface area (Å²) in [6, 6.07) is 12.5. The van der Waals surface area contributed by atoms with Crippen molar-refractivity contribution in [2.24, 2.45) is 11.8 Å². The molecule has 0 radical (unpaired) electrons. The summed E-state index contributed by atoms with van der Waals surface area (Å²) in [7, 11) is 0. The average molecular weight is 355 g/mol. The highest BCUT2D eigenvalue weighted by molar-refractivity contribution is 5.41. The number of ether oxygens (including phenoxy) is 2. The Kier molecular flexibility index (Phi) is 7.14. The van der Waals surface area contributed by atoms with E-state index in [0.29, 0.717) is 11.8 Å². The predicted octanol–water partition coefficient (Wildman–Crippen LogP) is 6.50. The maximum absolute atomic E-state index is 6.25. The first kappa shape index (κ1) is 20.4. The smallest absolute Gasteiger partial charge is 0.238 e. The Hall–Kier alpha value is -1.96. The molecule has 0 heterocycles. The maximum atomic E-state index is 6.25. The van der Waals surface area contributed by atoms with Crippen LogP contribution >= 0.6 is 0 Å². The van der Waals surface area contributed by atoms with Crippen molar-refractivity contribution in [2.45, 2.75) is 67.6 Å². The van der Waals surface area contributed by atoms with Crippen LogP contribution in [0.5, 0.6) is 11.5 Å². The van der Waals surface area contributed by atoms with Crippen molar-refractivity contribution in [1.29, 1.82) is 0 Å². The molecule has 2 heteroatoms. The SMILES string of the molecule is Cc1cccc(OC(C)Oc2cccc(CC(C)C)c2CC(C)C)c1C. The van der Waals surface area contributed by atoms with E-state index in [9.17, 15) is 0 Å². The van der Waals surface area contributed by atoms with Crippen LogP contribution in [-0.4, -0.2) is 6.29 Å². The normalized spacial score (nSPS) is 12.5. The molecule has 0 bridgehead atoms. The van der Waals surface area contributed by atoms with Crippen LogP contribution in [0.15, 0.2) is 36.4 Å². The largest absolute Gasteiger partial charge is 0.455 e. The summed E-state index contributed by atoms with van der Waals surface area (Å²) in [5, 5.41) is 0. The van der Waals surface area contributed by atoms with Crippen molar-refractivity contribution in [3.05, 3.63) is 58.7 Å². The molecule has 2 rings (SSSR count). The van der Waals surface area contributed by atoms with E-state index in [1.54, 1.807) is 0 Å². The van der Waals surface area contributed by atoms with Gasteiger partial charge in [-0.2, -0.15) is 0 Å². The number of hydrogen-bond acceptors (Lipinski definition) is 2. The van der Waals surface area contributed by atoms with Gasteiger partial charge in [0.05, 0.1) is 0 Å². The number of aryl methyl sites for hydroxylation is 1. The molecule has 0 N–H and O–H groups in total. The Morgan fingerprint density at radius 2 is 1.31 bits per heavy atom. The Morgan fingerprint density at radius 1 is 0.731 bits per heavy atom. The zero-order valence-corrected chi connectivity index (χ0v) is 17.4. The average Bonchev–Trinajstić information content (AvgIpc) is 2.54. The van der Waals surface area contributed by atoms with Crippen molar-refractivity contribution in [3.63, 3.8) is 0 Å². The molecule has 142 valence electrons. The van der Waals surface area contributed by atoms with Crippen LogP contribution in [0.2, 0.25) is 0 Å². The van der Waals surface area contributed by atoms with E-state index < -0.39 is 0 Å². The Balaban J connectivity index is 2.22. The van der Waals surface area contributed by atoms with Crippen LogP contribution in [0.3, 0.4) is 0 Å². The van der Waals surface area contributed by atoms with Crippen LogP contribution in [0, 0.1) is 25.7 Å². The highest BCUT2D eigenvalue weighted by Gasteiger charge is 2.16. The zero-order valence-electron chi connectivity index (χ0n) is 17.4. The molecule has 0 fully saturated rings. The highest BCUT2D eigenvalue weighted by Crippen LogP contribution is 2.29. The molecule has 0 aromatic heterocycles. The van der Waals surface area contributed by atoms with Gasteiger partial charge in [0.25, 0.3) is 0 Å². The van der Waals surface area contributed by atoms with Gasteiger partial charge in [0.1, 0.15) is 11.5 Å². The number of hydrogen-bond donors (Lipinski definition) is 0. The van der Waals surface area contributed by atoms with Gasteiger partial charge in [-0.3, -0.25) is 0 Å². The van der Waals surface area contributed by atoms with E-state index in [2.05, 4.69) is 65.8 Å². The van der Waals surface area contributed by atoms with Gasteiger partial charge < -0.3 is 9.47 Å². The van der Waals surface area contributed by atoms with E-state index in [4.69, 9.17) is 9.47 Å². The van der Waals surface area contributed by atoms with E-state index in [-0.39, 0.29) is 6.29 Å². The fourth-order valence-corrected chi connectivity index (χ4v) is 3.23. The van der Waals surface area contributed by atoms with E-state index in [1.807, 2.05) is 19.1 Å². The highest BCUT2D eigenvalue weighted by atomic mass is 16.7. The van der Waals surface area contributed by atoms with E-state index >= 15 is 0 Å². The molecule has 0 saturated heterocycles. The van der Waals surface area contributed by atoms with Crippen LogP contribution in [0.25, 0.3) is 0 Å². The molecule has 1 unspecified atom stereocenters. The fraction of sp³-hybridized carbons (Fsp3) is 0.500. The molecule has 0 amide bonds. The topological polar surface area (TPSA) is 18.5 Å². The van der Waals surface area contributed by atoms with Gasteiger partial charge in [-0.15, -0.1) is 0 Å².